The molecule has 0 amide bonds. The SMILES string of the molecule is CNc1cc2[nH]c(=O)n(-c3ccc(CNC(CC=O)c4ccc(Cl)s4)cc3)c(=O)c2cc1F. The summed E-state index contributed by atoms with van der Waals surface area (Å²) in [5.74, 6) is -0.584. The molecule has 0 fully saturated rings. The molecule has 2 aromatic carbocycles. The molecular weight excluding hydrogens is 467 g/mol. The van der Waals surface area contributed by atoms with E-state index in [-0.39, 0.29) is 22.6 Å². The van der Waals surface area contributed by atoms with E-state index in [1.165, 1.54) is 17.4 Å². The predicted octanol–water partition coefficient (Wildman–Crippen LogP) is 3.99. The van der Waals surface area contributed by atoms with Crippen molar-refractivity contribution in [3.8, 4) is 5.69 Å². The molecule has 1 atom stereocenters. The largest absolute Gasteiger partial charge is 0.386 e. The van der Waals surface area contributed by atoms with Crippen LogP contribution in [0.3, 0.4) is 0 Å². The first-order chi connectivity index (χ1) is 15.9. The second kappa shape index (κ2) is 9.70. The number of halogens is 2. The number of fused-ring (bicyclic) bond motifs is 1. The molecule has 4 rings (SSSR count). The Hall–Kier alpha value is -3.27. The van der Waals surface area contributed by atoms with Crippen LogP contribution in [0, 0.1) is 5.82 Å². The predicted molar refractivity (Wildman–Crippen MR) is 129 cm³/mol. The van der Waals surface area contributed by atoms with Gasteiger partial charge in [-0.3, -0.25) is 4.79 Å². The molecule has 170 valence electrons. The van der Waals surface area contributed by atoms with Crippen molar-refractivity contribution in [3.63, 3.8) is 0 Å². The van der Waals surface area contributed by atoms with Crippen LogP contribution in [0.2, 0.25) is 4.34 Å². The molecule has 0 aliphatic carbocycles. The Labute approximate surface area is 196 Å². The topological polar surface area (TPSA) is 96.0 Å². The lowest BCUT2D eigenvalue weighted by Gasteiger charge is -2.15. The van der Waals surface area contributed by atoms with Gasteiger partial charge in [-0.25, -0.2) is 13.8 Å². The second-order valence-corrected chi connectivity index (χ2v) is 9.09. The van der Waals surface area contributed by atoms with E-state index < -0.39 is 17.1 Å². The molecule has 2 aromatic heterocycles. The number of anilines is 1. The molecule has 0 spiro atoms. The van der Waals surface area contributed by atoms with Gasteiger partial charge in [0.2, 0.25) is 0 Å². The number of carbonyl (C=O) groups is 1. The molecule has 0 bridgehead atoms. The Morgan fingerprint density at radius 1 is 1.18 bits per heavy atom. The molecule has 2 heterocycles. The Bertz CT molecular complexity index is 1430. The van der Waals surface area contributed by atoms with Gasteiger partial charge < -0.3 is 20.4 Å². The lowest BCUT2D eigenvalue weighted by molar-refractivity contribution is -0.108. The van der Waals surface area contributed by atoms with Gasteiger partial charge in [-0.1, -0.05) is 23.7 Å². The molecule has 4 aromatic rings. The highest BCUT2D eigenvalue weighted by Gasteiger charge is 2.15. The van der Waals surface area contributed by atoms with Crippen LogP contribution in [0.1, 0.15) is 22.9 Å². The zero-order valence-corrected chi connectivity index (χ0v) is 19.1. The van der Waals surface area contributed by atoms with E-state index in [0.717, 1.165) is 27.4 Å². The molecule has 33 heavy (non-hydrogen) atoms. The first kappa shape index (κ1) is 22.9. The number of thiophene rings is 1. The monoisotopic (exact) mass is 486 g/mol. The summed E-state index contributed by atoms with van der Waals surface area (Å²) in [6, 6.07) is 12.9. The van der Waals surface area contributed by atoms with E-state index in [9.17, 15) is 18.8 Å². The summed E-state index contributed by atoms with van der Waals surface area (Å²) < 4.78 is 15.8. The van der Waals surface area contributed by atoms with Crippen LogP contribution in [0.25, 0.3) is 16.6 Å². The van der Waals surface area contributed by atoms with Gasteiger partial charge in [0.1, 0.15) is 12.1 Å². The number of hydrogen-bond donors (Lipinski definition) is 3. The minimum atomic E-state index is -0.618. The van der Waals surface area contributed by atoms with Gasteiger partial charge in [0.15, 0.2) is 0 Å². The van der Waals surface area contributed by atoms with Crippen molar-refractivity contribution in [2.75, 3.05) is 12.4 Å². The van der Waals surface area contributed by atoms with E-state index in [1.807, 2.05) is 6.07 Å². The summed E-state index contributed by atoms with van der Waals surface area (Å²) in [7, 11) is 1.55. The molecule has 0 aliphatic rings. The van der Waals surface area contributed by atoms with Gasteiger partial charge in [-0.2, -0.15) is 0 Å². The molecule has 7 nitrogen and oxygen atoms in total. The molecule has 10 heteroatoms. The zero-order chi connectivity index (χ0) is 23.5. The fraction of sp³-hybridized carbons (Fsp3) is 0.174. The fourth-order valence-electron chi connectivity index (χ4n) is 3.58. The van der Waals surface area contributed by atoms with Gasteiger partial charge in [0.05, 0.1) is 26.6 Å². The molecule has 0 radical (unpaired) electrons. The zero-order valence-electron chi connectivity index (χ0n) is 17.5. The quantitative estimate of drug-likeness (QED) is 0.327. The van der Waals surface area contributed by atoms with Crippen LogP contribution in [0.5, 0.6) is 0 Å². The minimum Gasteiger partial charge on any atom is -0.386 e. The molecule has 0 saturated carbocycles. The summed E-state index contributed by atoms with van der Waals surface area (Å²) in [6.07, 6.45) is 1.16. The van der Waals surface area contributed by atoms with Crippen molar-refractivity contribution in [3.05, 3.63) is 90.0 Å². The van der Waals surface area contributed by atoms with Crippen molar-refractivity contribution in [2.24, 2.45) is 0 Å². The van der Waals surface area contributed by atoms with Crippen molar-refractivity contribution < 1.29 is 9.18 Å². The first-order valence-corrected chi connectivity index (χ1v) is 11.3. The maximum absolute atomic E-state index is 14.2. The average Bonchev–Trinajstić information content (AvgIpc) is 3.24. The highest BCUT2D eigenvalue weighted by atomic mass is 35.5. The molecule has 1 unspecified atom stereocenters. The standard InChI is InChI=1S/C23H20ClFN4O3S/c1-26-19-11-18-15(10-16(19)25)22(31)29(23(32)28-18)14-4-2-13(3-5-14)12-27-17(8-9-30)20-6-7-21(24)33-20/h2-7,9-11,17,26-27H,8,12H2,1H3,(H,28,32). The van der Waals surface area contributed by atoms with Crippen molar-refractivity contribution in [2.45, 2.75) is 19.0 Å². The lowest BCUT2D eigenvalue weighted by Crippen LogP contribution is -2.33. The third kappa shape index (κ3) is 4.75. The van der Waals surface area contributed by atoms with Crippen LogP contribution in [-0.4, -0.2) is 22.9 Å². The number of aromatic nitrogens is 2. The minimum absolute atomic E-state index is 0.0724. The number of nitrogens with zero attached hydrogens (tertiary/aromatic N) is 1. The van der Waals surface area contributed by atoms with E-state index in [2.05, 4.69) is 15.6 Å². The maximum Gasteiger partial charge on any atom is 0.333 e. The summed E-state index contributed by atoms with van der Waals surface area (Å²) in [5, 5.41) is 6.08. The van der Waals surface area contributed by atoms with E-state index in [4.69, 9.17) is 11.6 Å². The van der Waals surface area contributed by atoms with Crippen LogP contribution in [0.4, 0.5) is 10.1 Å². The normalized spacial score (nSPS) is 12.1. The highest BCUT2D eigenvalue weighted by molar-refractivity contribution is 7.16. The van der Waals surface area contributed by atoms with Gasteiger partial charge >= 0.3 is 5.69 Å². The van der Waals surface area contributed by atoms with Crippen LogP contribution < -0.4 is 21.9 Å². The number of rotatable bonds is 8. The van der Waals surface area contributed by atoms with E-state index >= 15 is 0 Å². The van der Waals surface area contributed by atoms with Crippen molar-refractivity contribution in [1.82, 2.24) is 14.9 Å². The molecular formula is C23H20ClFN4O3S. The van der Waals surface area contributed by atoms with Gasteiger partial charge in [-0.15, -0.1) is 11.3 Å². The van der Waals surface area contributed by atoms with Crippen molar-refractivity contribution >= 4 is 45.8 Å². The summed E-state index contributed by atoms with van der Waals surface area (Å²) in [5.41, 5.74) is 0.466. The van der Waals surface area contributed by atoms with Crippen molar-refractivity contribution in [1.29, 1.82) is 0 Å². The number of aromatic amines is 1. The summed E-state index contributed by atoms with van der Waals surface area (Å²) in [6.45, 7) is 0.468. The van der Waals surface area contributed by atoms with Gasteiger partial charge in [0.25, 0.3) is 5.56 Å². The van der Waals surface area contributed by atoms with Crippen LogP contribution in [0.15, 0.2) is 58.1 Å². The lowest BCUT2D eigenvalue weighted by atomic mass is 10.1. The highest BCUT2D eigenvalue weighted by Crippen LogP contribution is 2.28. The van der Waals surface area contributed by atoms with Crippen LogP contribution in [-0.2, 0) is 11.3 Å². The average molecular weight is 487 g/mol. The number of aldehydes is 1. The number of benzene rings is 2. The summed E-state index contributed by atoms with van der Waals surface area (Å²) >= 11 is 7.42. The number of H-pyrrole nitrogens is 1. The fourth-order valence-corrected chi connectivity index (χ4v) is 4.73. The molecule has 0 aliphatic heterocycles. The summed E-state index contributed by atoms with van der Waals surface area (Å²) in [4.78, 5) is 40.2. The smallest absolute Gasteiger partial charge is 0.333 e. The Balaban J connectivity index is 1.59. The second-order valence-electron chi connectivity index (χ2n) is 7.34. The number of nitrogens with one attached hydrogen (secondary N) is 3. The Morgan fingerprint density at radius 3 is 2.58 bits per heavy atom. The first-order valence-electron chi connectivity index (χ1n) is 10.1. The molecule has 3 N–H and O–H groups in total. The maximum atomic E-state index is 14.2. The van der Waals surface area contributed by atoms with Gasteiger partial charge in [0, 0.05) is 30.9 Å². The molecule has 0 saturated heterocycles. The Kier molecular flexibility index (Phi) is 6.73. The Morgan fingerprint density at radius 2 is 1.94 bits per heavy atom. The number of carbonyl (C=O) groups excluding carboxylic acids is 1. The van der Waals surface area contributed by atoms with E-state index in [1.54, 1.807) is 37.4 Å². The third-order valence-electron chi connectivity index (χ3n) is 5.27. The number of hydrogen-bond acceptors (Lipinski definition) is 6. The van der Waals surface area contributed by atoms with E-state index in [0.29, 0.717) is 23.0 Å². The third-order valence-corrected chi connectivity index (χ3v) is 6.62. The van der Waals surface area contributed by atoms with Crippen LogP contribution >= 0.6 is 22.9 Å². The van der Waals surface area contributed by atoms with Gasteiger partial charge in [-0.05, 0) is 42.0 Å².